The van der Waals surface area contributed by atoms with Crippen LogP contribution in [0.5, 0.6) is 0 Å². The normalized spacial score (nSPS) is 36.6. The maximum absolute atomic E-state index is 14.2. The maximum Gasteiger partial charge on any atom is 0.310 e. The number of carboxylic acids is 2. The Bertz CT molecular complexity index is 1340. The molecule has 0 saturated heterocycles. The summed E-state index contributed by atoms with van der Waals surface area (Å²) in [6.07, 6.45) is 15.2. The first-order valence-electron chi connectivity index (χ1n) is 17.3. The van der Waals surface area contributed by atoms with Gasteiger partial charge in [-0.2, -0.15) is 0 Å². The highest BCUT2D eigenvalue weighted by Crippen LogP contribution is 2.73. The number of aliphatic carboxylic acids is 2. The predicted octanol–water partition coefficient (Wildman–Crippen LogP) is 9.90. The fraction of sp³-hybridized carbons (Fsp3) is 0.675. The summed E-state index contributed by atoms with van der Waals surface area (Å²) in [6, 6.07) is 0. The number of carbonyl (C=O) groups is 3. The molecule has 0 aliphatic heterocycles. The van der Waals surface area contributed by atoms with Crippen LogP contribution in [-0.2, 0) is 14.4 Å². The molecular weight excluding hydrogens is 560 g/mol. The van der Waals surface area contributed by atoms with E-state index < -0.39 is 23.3 Å². The van der Waals surface area contributed by atoms with E-state index in [1.54, 1.807) is 6.92 Å². The molecule has 0 radical (unpaired) electrons. The summed E-state index contributed by atoms with van der Waals surface area (Å²) in [5.41, 5.74) is 4.50. The molecule has 8 atom stereocenters. The molecule has 4 aliphatic rings. The van der Waals surface area contributed by atoms with Crippen LogP contribution in [-0.4, -0.2) is 27.9 Å². The smallest absolute Gasteiger partial charge is 0.310 e. The van der Waals surface area contributed by atoms with Gasteiger partial charge in [-0.25, -0.2) is 0 Å². The Morgan fingerprint density at radius 2 is 1.71 bits per heavy atom. The predicted molar refractivity (Wildman–Crippen MR) is 182 cm³/mol. The molecule has 0 unspecified atom stereocenters. The van der Waals surface area contributed by atoms with Gasteiger partial charge in [0.05, 0.1) is 5.41 Å². The van der Waals surface area contributed by atoms with Gasteiger partial charge in [0.2, 0.25) is 0 Å². The van der Waals surface area contributed by atoms with E-state index in [1.165, 1.54) is 16.7 Å². The maximum atomic E-state index is 14.2. The standard InChI is InChI=1S/C40H58O5/c1-25(2)11-10-12-29-13-14-33(38(8,24-29)36(44)45)34(41)23-28(6)39(9)21-17-27(5)40(39)22-18-31-32(40)16-15-30(26(3)4)37(31,7)20-19-35(42)43/h11,13,16,28,30-31,33H,3,5,10,12,14-15,17-24H2,1-2,4,6-9H3,(H,42,43)(H,44,45)/t28-,30+,31-,33-,37+,38+,39+,40+/m1/s1. The third-order valence-electron chi connectivity index (χ3n) is 13.3. The van der Waals surface area contributed by atoms with Crippen molar-refractivity contribution >= 4 is 17.7 Å². The molecule has 0 amide bonds. The minimum atomic E-state index is -1.10. The summed E-state index contributed by atoms with van der Waals surface area (Å²) in [5, 5.41) is 20.0. The molecule has 4 rings (SSSR count). The summed E-state index contributed by atoms with van der Waals surface area (Å²) in [6.45, 7) is 23.8. The molecule has 2 saturated carbocycles. The second kappa shape index (κ2) is 12.8. The van der Waals surface area contributed by atoms with Crippen LogP contribution >= 0.6 is 0 Å². The van der Waals surface area contributed by atoms with Crippen LogP contribution in [0.25, 0.3) is 0 Å². The second-order valence-electron chi connectivity index (χ2n) is 16.2. The Kier molecular flexibility index (Phi) is 10.0. The first-order valence-corrected chi connectivity index (χ1v) is 17.3. The minimum absolute atomic E-state index is 0.0501. The number of rotatable bonds is 12. The van der Waals surface area contributed by atoms with Crippen molar-refractivity contribution in [1.29, 1.82) is 0 Å². The lowest BCUT2D eigenvalue weighted by atomic mass is 9.51. The Labute approximate surface area is 272 Å². The lowest BCUT2D eigenvalue weighted by Gasteiger charge is -2.53. The quantitative estimate of drug-likeness (QED) is 0.212. The molecule has 248 valence electrons. The van der Waals surface area contributed by atoms with Crippen molar-refractivity contribution in [2.24, 2.45) is 45.3 Å². The Morgan fingerprint density at radius 1 is 1.04 bits per heavy atom. The fourth-order valence-electron chi connectivity index (χ4n) is 10.4. The van der Waals surface area contributed by atoms with Gasteiger partial charge in [-0.3, -0.25) is 14.4 Å². The van der Waals surface area contributed by atoms with Gasteiger partial charge >= 0.3 is 11.9 Å². The van der Waals surface area contributed by atoms with Crippen LogP contribution in [0.2, 0.25) is 0 Å². The zero-order valence-electron chi connectivity index (χ0n) is 29.1. The number of fused-ring (bicyclic) bond motifs is 2. The number of allylic oxidation sites excluding steroid dienone is 8. The number of Topliss-reactive ketones (excluding diaryl/α,β-unsaturated/α-hetero) is 1. The molecule has 0 aromatic carbocycles. The average Bonchev–Trinajstić information content (AvgIpc) is 3.48. The molecular formula is C40H58O5. The molecule has 45 heavy (non-hydrogen) atoms. The Balaban J connectivity index is 1.62. The zero-order valence-corrected chi connectivity index (χ0v) is 29.1. The summed E-state index contributed by atoms with van der Waals surface area (Å²) >= 11 is 0. The highest BCUT2D eigenvalue weighted by atomic mass is 16.4. The summed E-state index contributed by atoms with van der Waals surface area (Å²) in [7, 11) is 0. The minimum Gasteiger partial charge on any atom is -0.481 e. The van der Waals surface area contributed by atoms with Crippen molar-refractivity contribution in [1.82, 2.24) is 0 Å². The molecule has 0 aromatic rings. The van der Waals surface area contributed by atoms with E-state index in [2.05, 4.69) is 72.9 Å². The van der Waals surface area contributed by atoms with E-state index in [9.17, 15) is 24.6 Å². The van der Waals surface area contributed by atoms with Gasteiger partial charge in [-0.05, 0) is 120 Å². The van der Waals surface area contributed by atoms with Crippen molar-refractivity contribution in [3.63, 3.8) is 0 Å². The lowest BCUT2D eigenvalue weighted by molar-refractivity contribution is -0.155. The number of ketones is 1. The molecule has 2 N–H and O–H groups in total. The van der Waals surface area contributed by atoms with Crippen LogP contribution in [0.15, 0.2) is 59.3 Å². The number of hydrogen-bond donors (Lipinski definition) is 2. The molecule has 0 bridgehead atoms. The van der Waals surface area contributed by atoms with E-state index in [1.807, 2.05) is 0 Å². The Hall–Kier alpha value is -2.69. The number of hydrogen-bond acceptors (Lipinski definition) is 3. The largest absolute Gasteiger partial charge is 0.481 e. The van der Waals surface area contributed by atoms with Gasteiger partial charge in [0.1, 0.15) is 5.78 Å². The average molecular weight is 619 g/mol. The van der Waals surface area contributed by atoms with Crippen LogP contribution in [0.4, 0.5) is 0 Å². The van der Waals surface area contributed by atoms with E-state index in [0.717, 1.165) is 56.1 Å². The van der Waals surface area contributed by atoms with Gasteiger partial charge in [-0.15, -0.1) is 0 Å². The molecule has 0 heterocycles. The Morgan fingerprint density at radius 3 is 2.31 bits per heavy atom. The van der Waals surface area contributed by atoms with Crippen LogP contribution in [0.1, 0.15) is 126 Å². The monoisotopic (exact) mass is 618 g/mol. The highest BCUT2D eigenvalue weighted by molar-refractivity contribution is 5.89. The third-order valence-corrected chi connectivity index (χ3v) is 13.3. The van der Waals surface area contributed by atoms with Gasteiger partial charge in [0.15, 0.2) is 0 Å². The third kappa shape index (κ3) is 5.98. The highest BCUT2D eigenvalue weighted by Gasteiger charge is 2.65. The first kappa shape index (κ1) is 35.2. The molecule has 2 fully saturated rings. The molecule has 0 aromatic heterocycles. The van der Waals surface area contributed by atoms with Gasteiger partial charge in [0.25, 0.3) is 0 Å². The van der Waals surface area contributed by atoms with E-state index in [-0.39, 0.29) is 46.2 Å². The molecule has 5 heteroatoms. The zero-order chi connectivity index (χ0) is 33.5. The molecule has 5 nitrogen and oxygen atoms in total. The summed E-state index contributed by atoms with van der Waals surface area (Å²) < 4.78 is 0. The van der Waals surface area contributed by atoms with E-state index in [0.29, 0.717) is 25.7 Å². The summed E-state index contributed by atoms with van der Waals surface area (Å²) in [5.74, 6) is -1.55. The van der Waals surface area contributed by atoms with Crippen molar-refractivity contribution < 1.29 is 24.6 Å². The van der Waals surface area contributed by atoms with Gasteiger partial charge in [-0.1, -0.05) is 80.0 Å². The van der Waals surface area contributed by atoms with Crippen molar-refractivity contribution in [3.8, 4) is 0 Å². The number of carboxylic acid groups (broad SMARTS) is 2. The van der Waals surface area contributed by atoms with Crippen LogP contribution < -0.4 is 0 Å². The molecule has 4 aliphatic carbocycles. The topological polar surface area (TPSA) is 91.7 Å². The van der Waals surface area contributed by atoms with E-state index in [4.69, 9.17) is 0 Å². The van der Waals surface area contributed by atoms with Gasteiger partial charge < -0.3 is 10.2 Å². The van der Waals surface area contributed by atoms with Crippen molar-refractivity contribution in [2.45, 2.75) is 126 Å². The number of carbonyl (C=O) groups excluding carboxylic acids is 1. The SMILES string of the molecule is C=C(C)[C@@H]1CC=C2[C@@H](CC[C@]23C(=C)CC[C@@]3(C)[C@H](C)CC(=O)[C@H]2CC=C(CCC=C(C)C)C[C@]2(C)C(=O)O)[C@@]1(C)CCC(=O)O. The first-order chi connectivity index (χ1) is 20.9. The van der Waals surface area contributed by atoms with Crippen molar-refractivity contribution in [2.75, 3.05) is 0 Å². The van der Waals surface area contributed by atoms with E-state index >= 15 is 0 Å². The van der Waals surface area contributed by atoms with Gasteiger partial charge in [0, 0.05) is 24.2 Å². The van der Waals surface area contributed by atoms with Crippen LogP contribution in [0.3, 0.4) is 0 Å². The molecule has 1 spiro atoms. The summed E-state index contributed by atoms with van der Waals surface area (Å²) in [4.78, 5) is 38.6. The fourth-order valence-corrected chi connectivity index (χ4v) is 10.4. The van der Waals surface area contributed by atoms with Crippen LogP contribution in [0, 0.1) is 45.3 Å². The second-order valence-corrected chi connectivity index (χ2v) is 16.2. The van der Waals surface area contributed by atoms with Crippen molar-refractivity contribution in [3.05, 3.63) is 59.3 Å². The lowest BCUT2D eigenvalue weighted by Crippen LogP contribution is -2.47.